The van der Waals surface area contributed by atoms with Gasteiger partial charge in [-0.25, -0.2) is 9.97 Å². The lowest BCUT2D eigenvalue weighted by molar-refractivity contribution is -0.116. The highest BCUT2D eigenvalue weighted by atomic mass is 16.1. The van der Waals surface area contributed by atoms with Gasteiger partial charge in [-0.2, -0.15) is 0 Å². The van der Waals surface area contributed by atoms with Crippen LogP contribution in [0.1, 0.15) is 19.0 Å². The zero-order valence-corrected chi connectivity index (χ0v) is 8.32. The van der Waals surface area contributed by atoms with E-state index in [-0.39, 0.29) is 11.9 Å². The molecular formula is C9H14N4O. The van der Waals surface area contributed by atoms with Gasteiger partial charge in [0.2, 0.25) is 5.91 Å². The Morgan fingerprint density at radius 3 is 2.93 bits per heavy atom. The van der Waals surface area contributed by atoms with Gasteiger partial charge in [-0.1, -0.05) is 0 Å². The monoisotopic (exact) mass is 194 g/mol. The van der Waals surface area contributed by atoms with E-state index >= 15 is 0 Å². The van der Waals surface area contributed by atoms with Gasteiger partial charge in [0.1, 0.15) is 12.1 Å². The molecule has 0 aromatic carbocycles. The van der Waals surface area contributed by atoms with Crippen molar-refractivity contribution in [3.8, 4) is 0 Å². The maximum Gasteiger partial charge on any atom is 0.227 e. The highest BCUT2D eigenvalue weighted by molar-refractivity contribution is 5.90. The van der Waals surface area contributed by atoms with Crippen LogP contribution in [0.4, 0.5) is 5.82 Å². The third-order valence-corrected chi connectivity index (χ3v) is 1.58. The van der Waals surface area contributed by atoms with Crippen molar-refractivity contribution in [2.24, 2.45) is 5.73 Å². The summed E-state index contributed by atoms with van der Waals surface area (Å²) in [6.07, 6.45) is 1.71. The number of rotatable bonds is 3. The maximum atomic E-state index is 11.3. The quantitative estimate of drug-likeness (QED) is 0.732. The minimum absolute atomic E-state index is 0.127. The molecule has 1 aromatic rings. The molecule has 3 N–H and O–H groups in total. The molecule has 1 amide bonds. The van der Waals surface area contributed by atoms with E-state index in [4.69, 9.17) is 5.73 Å². The Morgan fingerprint density at radius 2 is 2.36 bits per heavy atom. The number of nitrogens with zero attached hydrogens (tertiary/aromatic N) is 2. The third-order valence-electron chi connectivity index (χ3n) is 1.58. The molecule has 1 aromatic heterocycles. The van der Waals surface area contributed by atoms with Crippen molar-refractivity contribution in [3.63, 3.8) is 0 Å². The fraction of sp³-hybridized carbons (Fsp3) is 0.444. The van der Waals surface area contributed by atoms with Crippen LogP contribution in [-0.2, 0) is 4.79 Å². The Hall–Kier alpha value is -1.49. The maximum absolute atomic E-state index is 11.3. The van der Waals surface area contributed by atoms with E-state index in [1.165, 1.54) is 6.33 Å². The molecule has 1 atom stereocenters. The number of nitrogens with two attached hydrogens (primary N) is 1. The Labute approximate surface area is 82.7 Å². The van der Waals surface area contributed by atoms with E-state index in [2.05, 4.69) is 15.3 Å². The summed E-state index contributed by atoms with van der Waals surface area (Å²) in [5, 5.41) is 2.64. The van der Waals surface area contributed by atoms with Crippen LogP contribution in [0.3, 0.4) is 0 Å². The van der Waals surface area contributed by atoms with Gasteiger partial charge in [0.05, 0.1) is 0 Å². The topological polar surface area (TPSA) is 80.9 Å². The van der Waals surface area contributed by atoms with Crippen LogP contribution in [0.5, 0.6) is 0 Å². The van der Waals surface area contributed by atoms with Gasteiger partial charge >= 0.3 is 0 Å². The van der Waals surface area contributed by atoms with Gasteiger partial charge in [-0.3, -0.25) is 4.79 Å². The first kappa shape index (κ1) is 10.6. The predicted molar refractivity (Wildman–Crippen MR) is 53.7 cm³/mol. The number of hydrogen-bond donors (Lipinski definition) is 2. The number of nitrogens with one attached hydrogen (secondary N) is 1. The minimum Gasteiger partial charge on any atom is -0.327 e. The lowest BCUT2D eigenvalue weighted by Gasteiger charge is -2.06. The first-order chi connectivity index (χ1) is 6.58. The summed E-state index contributed by atoms with van der Waals surface area (Å²) in [5.74, 6) is 0.390. The van der Waals surface area contributed by atoms with Crippen LogP contribution >= 0.6 is 0 Å². The lowest BCUT2D eigenvalue weighted by Crippen LogP contribution is -2.24. The zero-order valence-electron chi connectivity index (χ0n) is 8.32. The molecule has 0 spiro atoms. The normalized spacial score (nSPS) is 12.2. The van der Waals surface area contributed by atoms with Gasteiger partial charge in [-0.15, -0.1) is 0 Å². The number of anilines is 1. The molecule has 5 heteroatoms. The molecule has 0 aliphatic heterocycles. The molecule has 1 unspecified atom stereocenters. The molecular weight excluding hydrogens is 180 g/mol. The van der Waals surface area contributed by atoms with Gasteiger partial charge in [0.15, 0.2) is 0 Å². The van der Waals surface area contributed by atoms with Crippen molar-refractivity contribution in [2.45, 2.75) is 26.3 Å². The summed E-state index contributed by atoms with van der Waals surface area (Å²) in [6.45, 7) is 3.62. The Balaban J connectivity index is 2.56. The second kappa shape index (κ2) is 4.66. The fourth-order valence-corrected chi connectivity index (χ4v) is 1.01. The molecule has 0 aliphatic rings. The van der Waals surface area contributed by atoms with Crippen molar-refractivity contribution in [2.75, 3.05) is 5.32 Å². The van der Waals surface area contributed by atoms with Crippen LogP contribution in [0.15, 0.2) is 12.4 Å². The first-order valence-electron chi connectivity index (χ1n) is 4.42. The van der Waals surface area contributed by atoms with E-state index in [0.29, 0.717) is 12.2 Å². The summed E-state index contributed by atoms with van der Waals surface area (Å²) < 4.78 is 0. The molecule has 1 heterocycles. The van der Waals surface area contributed by atoms with E-state index in [9.17, 15) is 4.79 Å². The molecule has 0 bridgehead atoms. The second-order valence-electron chi connectivity index (χ2n) is 3.27. The van der Waals surface area contributed by atoms with Gasteiger partial charge in [-0.05, 0) is 13.8 Å². The number of amides is 1. The number of carbonyl (C=O) groups excluding carboxylic acids is 1. The van der Waals surface area contributed by atoms with Crippen molar-refractivity contribution in [1.29, 1.82) is 0 Å². The minimum atomic E-state index is -0.141. The molecule has 76 valence electrons. The highest BCUT2D eigenvalue weighted by Crippen LogP contribution is 2.03. The number of hydrogen-bond acceptors (Lipinski definition) is 4. The van der Waals surface area contributed by atoms with Gasteiger partial charge < -0.3 is 11.1 Å². The van der Waals surface area contributed by atoms with Crippen LogP contribution in [0.2, 0.25) is 0 Å². The smallest absolute Gasteiger partial charge is 0.227 e. The fourth-order valence-electron chi connectivity index (χ4n) is 1.01. The zero-order chi connectivity index (χ0) is 10.6. The first-order valence-corrected chi connectivity index (χ1v) is 4.42. The molecule has 5 nitrogen and oxygen atoms in total. The van der Waals surface area contributed by atoms with Crippen molar-refractivity contribution < 1.29 is 4.79 Å². The van der Waals surface area contributed by atoms with Crippen molar-refractivity contribution >= 4 is 11.7 Å². The second-order valence-corrected chi connectivity index (χ2v) is 3.27. The Morgan fingerprint density at radius 1 is 1.64 bits per heavy atom. The Bertz CT molecular complexity index is 324. The Kier molecular flexibility index (Phi) is 3.53. The largest absolute Gasteiger partial charge is 0.327 e. The molecule has 0 saturated carbocycles. The highest BCUT2D eigenvalue weighted by Gasteiger charge is 2.05. The SMILES string of the molecule is Cc1cc(NC(=O)CC(C)N)ncn1. The average molecular weight is 194 g/mol. The van der Waals surface area contributed by atoms with Crippen LogP contribution < -0.4 is 11.1 Å². The third kappa shape index (κ3) is 3.49. The van der Waals surface area contributed by atoms with Gasteiger partial charge in [0, 0.05) is 24.2 Å². The van der Waals surface area contributed by atoms with E-state index < -0.39 is 0 Å². The van der Waals surface area contributed by atoms with Crippen LogP contribution in [0.25, 0.3) is 0 Å². The van der Waals surface area contributed by atoms with E-state index in [1.807, 2.05) is 6.92 Å². The summed E-state index contributed by atoms with van der Waals surface area (Å²) in [4.78, 5) is 19.1. The lowest BCUT2D eigenvalue weighted by atomic mass is 10.2. The van der Waals surface area contributed by atoms with Gasteiger partial charge in [0.25, 0.3) is 0 Å². The van der Waals surface area contributed by atoms with Crippen LogP contribution in [0, 0.1) is 6.92 Å². The van der Waals surface area contributed by atoms with Crippen molar-refractivity contribution in [3.05, 3.63) is 18.1 Å². The summed E-state index contributed by atoms with van der Waals surface area (Å²) in [6, 6.07) is 1.57. The molecule has 0 fully saturated rings. The van der Waals surface area contributed by atoms with E-state index in [1.54, 1.807) is 13.0 Å². The predicted octanol–water partition coefficient (Wildman–Crippen LogP) is 0.461. The van der Waals surface area contributed by atoms with E-state index in [0.717, 1.165) is 5.69 Å². The molecule has 14 heavy (non-hydrogen) atoms. The number of aryl methyl sites for hydroxylation is 1. The molecule has 1 rings (SSSR count). The van der Waals surface area contributed by atoms with Crippen molar-refractivity contribution in [1.82, 2.24) is 9.97 Å². The molecule has 0 radical (unpaired) electrons. The summed E-state index contributed by atoms with van der Waals surface area (Å²) >= 11 is 0. The van der Waals surface area contributed by atoms with Crippen LogP contribution in [-0.4, -0.2) is 21.9 Å². The molecule has 0 aliphatic carbocycles. The number of carbonyl (C=O) groups is 1. The average Bonchev–Trinajstić information content (AvgIpc) is 2.01. The summed E-state index contributed by atoms with van der Waals surface area (Å²) in [5.41, 5.74) is 6.30. The standard InChI is InChI=1S/C9H14N4O/c1-6(10)3-9(14)13-8-4-7(2)11-5-12-8/h4-6H,3,10H2,1-2H3,(H,11,12,13,14). The number of aromatic nitrogens is 2. The molecule has 0 saturated heterocycles. The summed E-state index contributed by atoms with van der Waals surface area (Å²) in [7, 11) is 0.